The van der Waals surface area contributed by atoms with E-state index in [0.29, 0.717) is 0 Å². The topological polar surface area (TPSA) is 0 Å². The summed E-state index contributed by atoms with van der Waals surface area (Å²) >= 11 is 0. The molecule has 0 saturated heterocycles. The highest BCUT2D eigenvalue weighted by molar-refractivity contribution is 5.16. The van der Waals surface area contributed by atoms with Gasteiger partial charge in [0, 0.05) is 0 Å². The van der Waals surface area contributed by atoms with Crippen LogP contribution in [0.25, 0.3) is 0 Å². The van der Waals surface area contributed by atoms with Crippen LogP contribution in [-0.2, 0) is 0 Å². The molecule has 0 aromatic carbocycles. The zero-order valence-corrected chi connectivity index (χ0v) is 19.1. The normalized spacial score (nSPS) is 15.9. The molecule has 1 heteroatoms. The van der Waals surface area contributed by atoms with E-state index in [-0.39, 0.29) is 0 Å². The van der Waals surface area contributed by atoms with E-state index in [1.54, 1.807) is 0 Å². The Labute approximate surface area is 171 Å². The van der Waals surface area contributed by atoms with Crippen LogP contribution >= 0.6 is 0 Å². The summed E-state index contributed by atoms with van der Waals surface area (Å²) in [5.74, 6) is 0. The summed E-state index contributed by atoms with van der Waals surface area (Å²) in [6.07, 6.45) is 30.2. The molecule has 27 heavy (non-hydrogen) atoms. The van der Waals surface area contributed by atoms with E-state index in [2.05, 4.69) is 39.1 Å². The summed E-state index contributed by atoms with van der Waals surface area (Å²) in [7, 11) is 0. The molecular formula is C26H50N+. The van der Waals surface area contributed by atoms with Crippen LogP contribution in [0.15, 0.2) is 23.9 Å². The Morgan fingerprint density at radius 3 is 1.41 bits per heavy atom. The zero-order chi connectivity index (χ0) is 19.6. The lowest BCUT2D eigenvalue weighted by molar-refractivity contribution is -0.875. The van der Waals surface area contributed by atoms with Gasteiger partial charge in [0.15, 0.2) is 0 Å². The first kappa shape index (κ1) is 24.5. The average Bonchev–Trinajstić information content (AvgIpc) is 2.68. The van der Waals surface area contributed by atoms with E-state index < -0.39 is 0 Å². The maximum Gasteiger partial charge on any atom is 0.102 e. The fourth-order valence-corrected chi connectivity index (χ4v) is 4.29. The third-order valence-electron chi connectivity index (χ3n) is 6.34. The third-order valence-corrected chi connectivity index (χ3v) is 6.34. The molecule has 0 aromatic rings. The Kier molecular flexibility index (Phi) is 14.9. The summed E-state index contributed by atoms with van der Waals surface area (Å²) in [5, 5.41) is 0. The van der Waals surface area contributed by atoms with Crippen molar-refractivity contribution in [3.05, 3.63) is 23.9 Å². The standard InChI is InChI=1S/C26H50N/c1-4-6-8-10-12-14-16-18-22-27(24-20-26(3)21-25-27)23-19-17-15-13-11-9-7-5-2/h20-21,24H,4-19,22-23,25H2,1-3H3/q+1. The lowest BCUT2D eigenvalue weighted by Crippen LogP contribution is -2.45. The maximum absolute atomic E-state index is 2.53. The van der Waals surface area contributed by atoms with Gasteiger partial charge in [-0.15, -0.1) is 0 Å². The largest absolute Gasteiger partial charge is 0.294 e. The van der Waals surface area contributed by atoms with Crippen molar-refractivity contribution in [3.8, 4) is 0 Å². The van der Waals surface area contributed by atoms with Gasteiger partial charge >= 0.3 is 0 Å². The van der Waals surface area contributed by atoms with Gasteiger partial charge in [0.1, 0.15) is 6.54 Å². The molecule has 158 valence electrons. The molecule has 0 fully saturated rings. The predicted octanol–water partition coefficient (Wildman–Crippen LogP) is 8.56. The molecule has 0 saturated carbocycles. The molecular weight excluding hydrogens is 326 g/mol. The lowest BCUT2D eigenvalue weighted by atomic mass is 10.1. The van der Waals surface area contributed by atoms with Crippen molar-refractivity contribution in [2.24, 2.45) is 0 Å². The molecule has 0 aliphatic carbocycles. The first-order chi connectivity index (χ1) is 13.2. The number of rotatable bonds is 18. The second-order valence-corrected chi connectivity index (χ2v) is 9.06. The fourth-order valence-electron chi connectivity index (χ4n) is 4.29. The third kappa shape index (κ3) is 12.5. The van der Waals surface area contributed by atoms with E-state index in [1.807, 2.05) is 0 Å². The second-order valence-electron chi connectivity index (χ2n) is 9.06. The van der Waals surface area contributed by atoms with Crippen LogP contribution in [0, 0.1) is 0 Å². The van der Waals surface area contributed by atoms with Crippen molar-refractivity contribution in [3.63, 3.8) is 0 Å². The van der Waals surface area contributed by atoms with E-state index in [0.717, 1.165) is 0 Å². The summed E-state index contributed by atoms with van der Waals surface area (Å²) in [6, 6.07) is 0. The van der Waals surface area contributed by atoms with E-state index in [4.69, 9.17) is 0 Å². The highest BCUT2D eigenvalue weighted by Gasteiger charge is 2.24. The lowest BCUT2D eigenvalue weighted by Gasteiger charge is -2.36. The first-order valence-corrected chi connectivity index (χ1v) is 12.4. The number of nitrogens with zero attached hydrogens (tertiary/aromatic N) is 1. The van der Waals surface area contributed by atoms with Gasteiger partial charge < -0.3 is 0 Å². The highest BCUT2D eigenvalue weighted by atomic mass is 15.3. The molecule has 0 bridgehead atoms. The molecule has 0 spiro atoms. The van der Waals surface area contributed by atoms with Crippen LogP contribution in [0.4, 0.5) is 0 Å². The highest BCUT2D eigenvalue weighted by Crippen LogP contribution is 2.21. The Morgan fingerprint density at radius 1 is 0.630 bits per heavy atom. The summed E-state index contributed by atoms with van der Waals surface area (Å²) < 4.78 is 1.23. The monoisotopic (exact) mass is 376 g/mol. The van der Waals surface area contributed by atoms with Gasteiger partial charge in [-0.05, 0) is 50.3 Å². The van der Waals surface area contributed by atoms with Gasteiger partial charge in [-0.1, -0.05) is 90.9 Å². The van der Waals surface area contributed by atoms with Gasteiger partial charge in [-0.3, -0.25) is 4.48 Å². The van der Waals surface area contributed by atoms with Crippen molar-refractivity contribution >= 4 is 0 Å². The van der Waals surface area contributed by atoms with Crippen LogP contribution in [0.2, 0.25) is 0 Å². The van der Waals surface area contributed by atoms with Crippen LogP contribution in [0.5, 0.6) is 0 Å². The SMILES string of the molecule is CCCCCCCCCC[N+]1(CCCCCCCCCC)C=CC(C)=CC1. The van der Waals surface area contributed by atoms with Crippen molar-refractivity contribution in [1.82, 2.24) is 0 Å². The molecule has 0 unspecified atom stereocenters. The van der Waals surface area contributed by atoms with E-state index in [9.17, 15) is 0 Å². The average molecular weight is 377 g/mol. The molecule has 0 radical (unpaired) electrons. The second kappa shape index (κ2) is 16.4. The van der Waals surface area contributed by atoms with Gasteiger partial charge in [0.2, 0.25) is 0 Å². The molecule has 1 nitrogen and oxygen atoms in total. The summed E-state index contributed by atoms with van der Waals surface area (Å²) in [5.41, 5.74) is 1.45. The van der Waals surface area contributed by atoms with Gasteiger partial charge in [0.25, 0.3) is 0 Å². The van der Waals surface area contributed by atoms with Crippen molar-refractivity contribution in [2.45, 2.75) is 124 Å². The molecule has 1 aliphatic heterocycles. The first-order valence-electron chi connectivity index (χ1n) is 12.4. The number of hydrogen-bond donors (Lipinski definition) is 0. The van der Waals surface area contributed by atoms with Crippen molar-refractivity contribution in [2.75, 3.05) is 19.6 Å². The number of hydrogen-bond acceptors (Lipinski definition) is 0. The van der Waals surface area contributed by atoms with Crippen LogP contribution in [0.1, 0.15) is 124 Å². The smallest absolute Gasteiger partial charge is 0.102 e. The minimum absolute atomic E-state index is 1.23. The van der Waals surface area contributed by atoms with Crippen molar-refractivity contribution < 1.29 is 4.48 Å². The van der Waals surface area contributed by atoms with Crippen LogP contribution in [0.3, 0.4) is 0 Å². The zero-order valence-electron chi connectivity index (χ0n) is 19.1. The molecule has 1 rings (SSSR count). The minimum Gasteiger partial charge on any atom is -0.294 e. The number of quaternary nitrogens is 1. The molecule has 0 aromatic heterocycles. The Hall–Kier alpha value is -0.560. The number of unbranched alkanes of at least 4 members (excludes halogenated alkanes) is 14. The molecule has 1 heterocycles. The Bertz CT molecular complexity index is 373. The fraction of sp³-hybridized carbons (Fsp3) is 0.846. The van der Waals surface area contributed by atoms with Crippen LogP contribution < -0.4 is 0 Å². The molecule has 0 N–H and O–H groups in total. The van der Waals surface area contributed by atoms with E-state index >= 15 is 0 Å². The van der Waals surface area contributed by atoms with Gasteiger partial charge in [-0.25, -0.2) is 0 Å². The Balaban J connectivity index is 2.19. The quantitative estimate of drug-likeness (QED) is 0.166. The van der Waals surface area contributed by atoms with Crippen LogP contribution in [-0.4, -0.2) is 24.1 Å². The molecule has 0 atom stereocenters. The molecule has 0 amide bonds. The summed E-state index contributed by atoms with van der Waals surface area (Å²) in [6.45, 7) is 10.8. The van der Waals surface area contributed by atoms with Gasteiger partial charge in [0.05, 0.1) is 19.3 Å². The molecule has 1 aliphatic rings. The Morgan fingerprint density at radius 2 is 1.04 bits per heavy atom. The van der Waals surface area contributed by atoms with Gasteiger partial charge in [-0.2, -0.15) is 0 Å². The minimum atomic E-state index is 1.23. The predicted molar refractivity (Wildman–Crippen MR) is 123 cm³/mol. The maximum atomic E-state index is 2.53. The summed E-state index contributed by atoms with van der Waals surface area (Å²) in [4.78, 5) is 0. The van der Waals surface area contributed by atoms with Crippen molar-refractivity contribution in [1.29, 1.82) is 0 Å². The van der Waals surface area contributed by atoms with E-state index in [1.165, 1.54) is 132 Å². The number of allylic oxidation sites excluding steroid dienone is 2.